The highest BCUT2D eigenvalue weighted by molar-refractivity contribution is 6.60. The van der Waals surface area contributed by atoms with Crippen molar-refractivity contribution in [3.63, 3.8) is 0 Å². The van der Waals surface area contributed by atoms with E-state index in [1.54, 1.807) is 0 Å². The van der Waals surface area contributed by atoms with Gasteiger partial charge in [0.2, 0.25) is 0 Å². The molecular formula is C29H61ClO3Si. The standard InChI is InChI=1S/C29H61ClO3Si/c1-4-7-9-11-13-15-17-19-21-23-27-32-34(31-6-3,29-25-26-30)33-28-24-22-20-18-16-14-12-10-8-5-2/h4-29H2,1-3H3. The maximum atomic E-state index is 6.37. The van der Waals surface area contributed by atoms with Crippen LogP contribution in [0.2, 0.25) is 6.04 Å². The molecule has 0 radical (unpaired) electrons. The van der Waals surface area contributed by atoms with Gasteiger partial charge in [0.1, 0.15) is 0 Å². The topological polar surface area (TPSA) is 27.7 Å². The van der Waals surface area contributed by atoms with Crippen LogP contribution in [0.25, 0.3) is 0 Å². The molecule has 0 atom stereocenters. The first kappa shape index (κ1) is 34.4. The minimum Gasteiger partial charge on any atom is -0.374 e. The monoisotopic (exact) mass is 520 g/mol. The summed E-state index contributed by atoms with van der Waals surface area (Å²) in [5.41, 5.74) is 0. The van der Waals surface area contributed by atoms with E-state index < -0.39 is 8.80 Å². The van der Waals surface area contributed by atoms with Crippen molar-refractivity contribution < 1.29 is 13.3 Å². The number of hydrogen-bond acceptors (Lipinski definition) is 3. The van der Waals surface area contributed by atoms with Gasteiger partial charge in [-0.2, -0.15) is 0 Å². The molecule has 0 amide bonds. The molecular weight excluding hydrogens is 460 g/mol. The number of rotatable bonds is 29. The lowest BCUT2D eigenvalue weighted by molar-refractivity contribution is 0.0601. The molecule has 0 bridgehead atoms. The first-order valence-corrected chi connectivity index (χ1v) is 17.7. The summed E-state index contributed by atoms with van der Waals surface area (Å²) in [6.45, 7) is 8.81. The fraction of sp³-hybridized carbons (Fsp3) is 1.00. The summed E-state index contributed by atoms with van der Waals surface area (Å²) in [6, 6.07) is 0.847. The Bertz CT molecular complexity index is 358. The third-order valence-corrected chi connectivity index (χ3v) is 9.87. The molecule has 34 heavy (non-hydrogen) atoms. The summed E-state index contributed by atoms with van der Waals surface area (Å²) in [7, 11) is -2.59. The van der Waals surface area contributed by atoms with E-state index in [4.69, 9.17) is 24.9 Å². The van der Waals surface area contributed by atoms with E-state index in [1.807, 2.05) is 0 Å². The Morgan fingerprint density at radius 2 is 0.794 bits per heavy atom. The van der Waals surface area contributed by atoms with Gasteiger partial charge in [0.05, 0.1) is 0 Å². The van der Waals surface area contributed by atoms with Crippen molar-refractivity contribution in [3.05, 3.63) is 0 Å². The lowest BCUT2D eigenvalue weighted by atomic mass is 10.1. The van der Waals surface area contributed by atoms with Crippen molar-refractivity contribution in [1.29, 1.82) is 0 Å². The third kappa shape index (κ3) is 22.8. The van der Waals surface area contributed by atoms with Crippen LogP contribution in [0, 0.1) is 0 Å². The zero-order chi connectivity index (χ0) is 25.0. The fourth-order valence-corrected chi connectivity index (χ4v) is 7.48. The van der Waals surface area contributed by atoms with E-state index in [1.165, 1.54) is 116 Å². The maximum Gasteiger partial charge on any atom is 0.500 e. The van der Waals surface area contributed by atoms with E-state index in [0.29, 0.717) is 12.5 Å². The van der Waals surface area contributed by atoms with Gasteiger partial charge in [-0.25, -0.2) is 0 Å². The van der Waals surface area contributed by atoms with Gasteiger partial charge in [-0.15, -0.1) is 11.6 Å². The lowest BCUT2D eigenvalue weighted by Crippen LogP contribution is -2.46. The molecule has 0 aliphatic rings. The van der Waals surface area contributed by atoms with Crippen LogP contribution < -0.4 is 0 Å². The summed E-state index contributed by atoms with van der Waals surface area (Å²) in [5, 5.41) is 0. The molecule has 0 aliphatic heterocycles. The molecule has 3 nitrogen and oxygen atoms in total. The van der Waals surface area contributed by atoms with Crippen molar-refractivity contribution in [2.75, 3.05) is 25.7 Å². The van der Waals surface area contributed by atoms with Gasteiger partial charge in [0, 0.05) is 31.7 Å². The highest BCUT2D eigenvalue weighted by atomic mass is 35.5. The summed E-state index contributed by atoms with van der Waals surface area (Å²) in [6.07, 6.45) is 27.7. The number of hydrogen-bond donors (Lipinski definition) is 0. The van der Waals surface area contributed by atoms with Gasteiger partial charge < -0.3 is 13.3 Å². The molecule has 0 spiro atoms. The second kappa shape index (κ2) is 28.0. The quantitative estimate of drug-likeness (QED) is 0.0557. The van der Waals surface area contributed by atoms with Gasteiger partial charge in [0.15, 0.2) is 0 Å². The van der Waals surface area contributed by atoms with Crippen molar-refractivity contribution in [2.45, 2.75) is 162 Å². The molecule has 0 N–H and O–H groups in total. The van der Waals surface area contributed by atoms with Crippen LogP contribution in [0.15, 0.2) is 0 Å². The van der Waals surface area contributed by atoms with Gasteiger partial charge in [-0.1, -0.05) is 129 Å². The minimum absolute atomic E-state index is 0.644. The zero-order valence-electron chi connectivity index (χ0n) is 23.5. The summed E-state index contributed by atoms with van der Waals surface area (Å²) in [4.78, 5) is 0. The molecule has 0 heterocycles. The predicted molar refractivity (Wildman–Crippen MR) is 153 cm³/mol. The Hall–Kier alpha value is 0.387. The van der Waals surface area contributed by atoms with Crippen molar-refractivity contribution >= 4 is 20.4 Å². The molecule has 0 saturated heterocycles. The number of unbranched alkanes of at least 4 members (excludes halogenated alkanes) is 18. The SMILES string of the molecule is CCCCCCCCCCCCO[Si](CCCCl)(OCC)OCCCCCCCCCCCC. The Kier molecular flexibility index (Phi) is 28.3. The molecule has 0 rings (SSSR count). The Morgan fingerprint density at radius 3 is 1.12 bits per heavy atom. The van der Waals surface area contributed by atoms with Crippen LogP contribution in [0.5, 0.6) is 0 Å². The first-order chi connectivity index (χ1) is 16.7. The van der Waals surface area contributed by atoms with Crippen LogP contribution in [-0.2, 0) is 13.3 Å². The van der Waals surface area contributed by atoms with E-state index in [0.717, 1.165) is 38.5 Å². The summed E-state index contributed by atoms with van der Waals surface area (Å²) < 4.78 is 18.9. The Labute approximate surface area is 220 Å². The molecule has 0 aromatic heterocycles. The van der Waals surface area contributed by atoms with Crippen molar-refractivity contribution in [1.82, 2.24) is 0 Å². The summed E-state index contributed by atoms with van der Waals surface area (Å²) in [5.74, 6) is 0.644. The number of alkyl halides is 1. The largest absolute Gasteiger partial charge is 0.500 e. The second-order valence-electron chi connectivity index (χ2n) is 9.97. The van der Waals surface area contributed by atoms with E-state index >= 15 is 0 Å². The molecule has 0 aromatic rings. The normalized spacial score (nSPS) is 12.0. The van der Waals surface area contributed by atoms with Gasteiger partial charge in [-0.05, 0) is 26.2 Å². The average molecular weight is 521 g/mol. The molecule has 206 valence electrons. The highest BCUT2D eigenvalue weighted by Gasteiger charge is 2.40. The maximum absolute atomic E-state index is 6.37. The van der Waals surface area contributed by atoms with E-state index in [9.17, 15) is 0 Å². The van der Waals surface area contributed by atoms with Gasteiger partial charge >= 0.3 is 8.80 Å². The predicted octanol–water partition coefficient (Wildman–Crippen LogP) is 10.5. The van der Waals surface area contributed by atoms with Crippen LogP contribution in [0.1, 0.15) is 156 Å². The minimum atomic E-state index is -2.59. The second-order valence-corrected chi connectivity index (χ2v) is 13.1. The Morgan fingerprint density at radius 1 is 0.441 bits per heavy atom. The summed E-state index contributed by atoms with van der Waals surface area (Å²) >= 11 is 6.01. The van der Waals surface area contributed by atoms with E-state index in [-0.39, 0.29) is 0 Å². The molecule has 0 aromatic carbocycles. The van der Waals surface area contributed by atoms with Gasteiger partial charge in [-0.3, -0.25) is 0 Å². The molecule has 0 unspecified atom stereocenters. The van der Waals surface area contributed by atoms with Gasteiger partial charge in [0.25, 0.3) is 0 Å². The number of halogens is 1. The van der Waals surface area contributed by atoms with Crippen LogP contribution in [-0.4, -0.2) is 34.5 Å². The zero-order valence-corrected chi connectivity index (χ0v) is 25.2. The highest BCUT2D eigenvalue weighted by Crippen LogP contribution is 2.21. The smallest absolute Gasteiger partial charge is 0.374 e. The fourth-order valence-electron chi connectivity index (χ4n) is 4.48. The third-order valence-electron chi connectivity index (χ3n) is 6.62. The van der Waals surface area contributed by atoms with E-state index in [2.05, 4.69) is 20.8 Å². The van der Waals surface area contributed by atoms with Crippen LogP contribution in [0.4, 0.5) is 0 Å². The van der Waals surface area contributed by atoms with Crippen LogP contribution in [0.3, 0.4) is 0 Å². The lowest BCUT2D eigenvalue weighted by Gasteiger charge is -2.29. The molecule has 0 saturated carbocycles. The van der Waals surface area contributed by atoms with Crippen molar-refractivity contribution in [3.8, 4) is 0 Å². The average Bonchev–Trinajstić information content (AvgIpc) is 2.84. The van der Waals surface area contributed by atoms with Crippen LogP contribution >= 0.6 is 11.6 Å². The molecule has 0 aliphatic carbocycles. The molecule has 0 fully saturated rings. The Balaban J connectivity index is 3.99. The first-order valence-electron chi connectivity index (χ1n) is 15.2. The molecule has 5 heteroatoms. The van der Waals surface area contributed by atoms with Crippen molar-refractivity contribution in [2.24, 2.45) is 0 Å².